The van der Waals surface area contributed by atoms with Crippen molar-refractivity contribution in [2.75, 3.05) is 20.2 Å². The van der Waals surface area contributed by atoms with E-state index < -0.39 is 0 Å². The molecule has 1 fully saturated rings. The van der Waals surface area contributed by atoms with Gasteiger partial charge in [-0.15, -0.1) is 0 Å². The first-order valence-electron chi connectivity index (χ1n) is 10.3. The molecule has 0 saturated heterocycles. The second-order valence-electron chi connectivity index (χ2n) is 8.25. The molecule has 0 heterocycles. The Balaban J connectivity index is 2.05. The van der Waals surface area contributed by atoms with Gasteiger partial charge in [-0.2, -0.15) is 0 Å². The van der Waals surface area contributed by atoms with Crippen molar-refractivity contribution in [1.82, 2.24) is 4.90 Å². The van der Waals surface area contributed by atoms with Gasteiger partial charge in [0.05, 0.1) is 6.10 Å². The summed E-state index contributed by atoms with van der Waals surface area (Å²) in [5, 5.41) is 19.8. The van der Waals surface area contributed by atoms with Crippen LogP contribution in [0.3, 0.4) is 0 Å². The molecule has 2 aliphatic carbocycles. The molecule has 2 aliphatic rings. The maximum absolute atomic E-state index is 10.4. The maximum atomic E-state index is 10.4. The van der Waals surface area contributed by atoms with Gasteiger partial charge >= 0.3 is 0 Å². The lowest BCUT2D eigenvalue weighted by Crippen LogP contribution is -2.50. The molecule has 2 rings (SSSR count). The summed E-state index contributed by atoms with van der Waals surface area (Å²) in [6, 6.07) is 0.591. The smallest absolute Gasteiger partial charge is 0.0754 e. The molecule has 0 aromatic carbocycles. The van der Waals surface area contributed by atoms with Crippen LogP contribution in [0.2, 0.25) is 0 Å². The van der Waals surface area contributed by atoms with Gasteiger partial charge < -0.3 is 15.1 Å². The van der Waals surface area contributed by atoms with Crippen LogP contribution in [0.25, 0.3) is 0 Å². The summed E-state index contributed by atoms with van der Waals surface area (Å²) in [7, 11) is 2.30. The Labute approximate surface area is 149 Å². The SMILES string of the molecule is CCCCCCCN(C)C1CCCC2=C(CCO)C(O)CC[C@@]21C. The fourth-order valence-corrected chi connectivity index (χ4v) is 5.20. The molecule has 0 aromatic heterocycles. The van der Waals surface area contributed by atoms with Crippen molar-refractivity contribution in [1.29, 1.82) is 0 Å². The number of nitrogens with zero attached hydrogens (tertiary/aromatic N) is 1. The molecule has 2 N–H and O–H groups in total. The van der Waals surface area contributed by atoms with Crippen molar-refractivity contribution in [2.24, 2.45) is 5.41 Å². The van der Waals surface area contributed by atoms with E-state index in [0.29, 0.717) is 12.5 Å². The first-order valence-corrected chi connectivity index (χ1v) is 10.3. The zero-order valence-corrected chi connectivity index (χ0v) is 16.2. The Morgan fingerprint density at radius 2 is 1.92 bits per heavy atom. The van der Waals surface area contributed by atoms with Crippen molar-refractivity contribution in [3.8, 4) is 0 Å². The minimum atomic E-state index is -0.321. The predicted molar refractivity (Wildman–Crippen MR) is 101 cm³/mol. The van der Waals surface area contributed by atoms with E-state index in [4.69, 9.17) is 0 Å². The van der Waals surface area contributed by atoms with Crippen molar-refractivity contribution in [3.05, 3.63) is 11.1 Å². The molecule has 140 valence electrons. The summed E-state index contributed by atoms with van der Waals surface area (Å²) < 4.78 is 0. The van der Waals surface area contributed by atoms with E-state index in [0.717, 1.165) is 24.8 Å². The lowest BCUT2D eigenvalue weighted by atomic mass is 9.60. The van der Waals surface area contributed by atoms with Gasteiger partial charge in [0, 0.05) is 18.1 Å². The number of unbranched alkanes of at least 4 members (excludes halogenated alkanes) is 4. The number of rotatable bonds is 9. The minimum Gasteiger partial charge on any atom is -0.396 e. The van der Waals surface area contributed by atoms with Crippen LogP contribution in [-0.2, 0) is 0 Å². The highest BCUT2D eigenvalue weighted by Gasteiger charge is 2.46. The number of aliphatic hydroxyl groups excluding tert-OH is 2. The second-order valence-corrected chi connectivity index (χ2v) is 8.25. The maximum Gasteiger partial charge on any atom is 0.0754 e. The van der Waals surface area contributed by atoms with E-state index in [1.165, 1.54) is 57.1 Å². The van der Waals surface area contributed by atoms with Gasteiger partial charge in [-0.3, -0.25) is 0 Å². The second kappa shape index (κ2) is 9.35. The fraction of sp³-hybridized carbons (Fsp3) is 0.905. The molecule has 0 amide bonds. The van der Waals surface area contributed by atoms with Crippen molar-refractivity contribution in [3.63, 3.8) is 0 Å². The van der Waals surface area contributed by atoms with E-state index in [1.807, 2.05) is 0 Å². The van der Waals surface area contributed by atoms with Crippen LogP contribution in [0, 0.1) is 5.41 Å². The quantitative estimate of drug-likeness (QED) is 0.487. The predicted octanol–water partition coefficient (Wildman–Crippen LogP) is 4.28. The summed E-state index contributed by atoms with van der Waals surface area (Å²) in [5.41, 5.74) is 2.83. The Morgan fingerprint density at radius 1 is 1.17 bits per heavy atom. The van der Waals surface area contributed by atoms with E-state index in [1.54, 1.807) is 0 Å². The van der Waals surface area contributed by atoms with Crippen LogP contribution < -0.4 is 0 Å². The van der Waals surface area contributed by atoms with E-state index in [9.17, 15) is 10.2 Å². The van der Waals surface area contributed by atoms with Crippen molar-refractivity contribution >= 4 is 0 Å². The van der Waals surface area contributed by atoms with Crippen LogP contribution in [0.15, 0.2) is 11.1 Å². The third kappa shape index (κ3) is 4.42. The molecule has 0 bridgehead atoms. The van der Waals surface area contributed by atoms with Crippen LogP contribution in [0.1, 0.15) is 84.5 Å². The number of fused-ring (bicyclic) bond motifs is 1. The molecule has 0 spiro atoms. The monoisotopic (exact) mass is 337 g/mol. The van der Waals surface area contributed by atoms with Crippen LogP contribution in [-0.4, -0.2) is 47.5 Å². The number of hydrogen-bond acceptors (Lipinski definition) is 3. The molecule has 2 unspecified atom stereocenters. The van der Waals surface area contributed by atoms with Gasteiger partial charge in [0.2, 0.25) is 0 Å². The minimum absolute atomic E-state index is 0.157. The Kier molecular flexibility index (Phi) is 7.77. The largest absolute Gasteiger partial charge is 0.396 e. The van der Waals surface area contributed by atoms with Crippen LogP contribution in [0.5, 0.6) is 0 Å². The Bertz CT molecular complexity index is 420. The van der Waals surface area contributed by atoms with Crippen LogP contribution in [0.4, 0.5) is 0 Å². The molecule has 1 saturated carbocycles. The molecule has 3 heteroatoms. The lowest BCUT2D eigenvalue weighted by molar-refractivity contribution is 0.0532. The molecule has 0 radical (unpaired) electrons. The summed E-state index contributed by atoms with van der Waals surface area (Å²) in [6.07, 6.45) is 12.6. The lowest BCUT2D eigenvalue weighted by Gasteiger charge is -2.52. The Hall–Kier alpha value is -0.380. The zero-order valence-electron chi connectivity index (χ0n) is 16.2. The molecule has 0 aromatic rings. The first kappa shape index (κ1) is 19.9. The zero-order chi connectivity index (χ0) is 17.6. The number of aliphatic hydroxyl groups is 2. The topological polar surface area (TPSA) is 43.7 Å². The fourth-order valence-electron chi connectivity index (χ4n) is 5.20. The van der Waals surface area contributed by atoms with E-state index in [2.05, 4.69) is 25.8 Å². The standard InChI is InChI=1S/C21H39NO2/c1-4-5-6-7-8-15-22(3)20-11-9-10-18-17(13-16-23)19(24)12-14-21(18,20)2/h19-20,23-24H,4-16H2,1-3H3/t19?,20?,21-/m0/s1. The van der Waals surface area contributed by atoms with E-state index >= 15 is 0 Å². The highest BCUT2D eigenvalue weighted by molar-refractivity contribution is 5.31. The van der Waals surface area contributed by atoms with Gasteiger partial charge in [-0.05, 0) is 64.1 Å². The van der Waals surface area contributed by atoms with Gasteiger partial charge in [0.25, 0.3) is 0 Å². The molecular formula is C21H39NO2. The average molecular weight is 338 g/mol. The van der Waals surface area contributed by atoms with Gasteiger partial charge in [-0.25, -0.2) is 0 Å². The van der Waals surface area contributed by atoms with Crippen molar-refractivity contribution in [2.45, 2.75) is 96.6 Å². The van der Waals surface area contributed by atoms with Crippen molar-refractivity contribution < 1.29 is 10.2 Å². The van der Waals surface area contributed by atoms with Gasteiger partial charge in [-0.1, -0.05) is 45.1 Å². The first-order chi connectivity index (χ1) is 11.5. The van der Waals surface area contributed by atoms with Gasteiger partial charge in [0.1, 0.15) is 0 Å². The summed E-state index contributed by atoms with van der Waals surface area (Å²) in [4.78, 5) is 2.60. The van der Waals surface area contributed by atoms with E-state index in [-0.39, 0.29) is 18.1 Å². The summed E-state index contributed by atoms with van der Waals surface area (Å²) >= 11 is 0. The molecule has 24 heavy (non-hydrogen) atoms. The normalized spacial score (nSPS) is 30.8. The molecule has 0 aliphatic heterocycles. The van der Waals surface area contributed by atoms with Crippen LogP contribution >= 0.6 is 0 Å². The highest BCUT2D eigenvalue weighted by Crippen LogP contribution is 2.51. The summed E-state index contributed by atoms with van der Waals surface area (Å²) in [5.74, 6) is 0. The summed E-state index contributed by atoms with van der Waals surface area (Å²) in [6.45, 7) is 6.03. The number of hydrogen-bond donors (Lipinski definition) is 2. The third-order valence-corrected chi connectivity index (χ3v) is 6.58. The average Bonchev–Trinajstić information content (AvgIpc) is 2.57. The third-order valence-electron chi connectivity index (χ3n) is 6.58. The highest BCUT2D eigenvalue weighted by atomic mass is 16.3. The molecule has 3 nitrogen and oxygen atoms in total. The van der Waals surface area contributed by atoms with Gasteiger partial charge in [0.15, 0.2) is 0 Å². The molecular weight excluding hydrogens is 298 g/mol. The molecule has 3 atom stereocenters. The Morgan fingerprint density at radius 3 is 2.62 bits per heavy atom.